The highest BCUT2D eigenvalue weighted by Crippen LogP contribution is 2.73. The van der Waals surface area contributed by atoms with Gasteiger partial charge in [-0.3, -0.25) is 0 Å². The predicted octanol–water partition coefficient (Wildman–Crippen LogP) is 3.01. The Morgan fingerprint density at radius 3 is 2.79 bits per heavy atom. The highest BCUT2D eigenvalue weighted by Gasteiger charge is 2.70. The van der Waals surface area contributed by atoms with Crippen LogP contribution in [0.5, 0.6) is 0 Å². The summed E-state index contributed by atoms with van der Waals surface area (Å²) >= 11 is 0. The maximum absolute atomic E-state index is 6.55. The summed E-state index contributed by atoms with van der Waals surface area (Å²) in [6.45, 7) is 2.23. The normalized spacial score (nSPS) is 48.1. The third-order valence-corrected chi connectivity index (χ3v) is 6.37. The first kappa shape index (κ1) is 10.5. The van der Waals surface area contributed by atoms with Crippen LogP contribution in [0.25, 0.3) is 0 Å². The van der Waals surface area contributed by atoms with Crippen molar-refractivity contribution in [3.05, 3.63) is 52.8 Å². The Bertz CT molecular complexity index is 637. The molecule has 2 bridgehead atoms. The topological polar surface area (TPSA) is 26.0 Å². The van der Waals surface area contributed by atoms with Crippen LogP contribution in [0.15, 0.2) is 41.6 Å². The second-order valence-electron chi connectivity index (χ2n) is 6.92. The van der Waals surface area contributed by atoms with Crippen LogP contribution in [0, 0.1) is 36.5 Å². The molecule has 4 aliphatic carbocycles. The number of allylic oxidation sites excluding steroid dienone is 1. The van der Waals surface area contributed by atoms with E-state index in [1.807, 2.05) is 0 Å². The lowest BCUT2D eigenvalue weighted by molar-refractivity contribution is -0.122. The van der Waals surface area contributed by atoms with E-state index in [-0.39, 0.29) is 0 Å². The molecule has 1 aromatic carbocycles. The molecule has 0 heterocycles. The summed E-state index contributed by atoms with van der Waals surface area (Å²) in [5.41, 5.74) is 14.6. The lowest BCUT2D eigenvalue weighted by Crippen LogP contribution is -2.69. The molecule has 3 fully saturated rings. The van der Waals surface area contributed by atoms with Crippen molar-refractivity contribution in [2.45, 2.75) is 25.3 Å². The third kappa shape index (κ3) is 1.05. The van der Waals surface area contributed by atoms with Gasteiger partial charge in [-0.1, -0.05) is 24.3 Å². The molecule has 2 N–H and O–H groups in total. The Balaban J connectivity index is 1.53. The molecule has 7 atom stereocenters. The molecular weight excluding hydrogens is 230 g/mol. The summed E-state index contributed by atoms with van der Waals surface area (Å²) in [6.07, 6.45) is 3.63. The van der Waals surface area contributed by atoms with E-state index >= 15 is 0 Å². The molecule has 4 aliphatic rings. The second kappa shape index (κ2) is 3.23. The van der Waals surface area contributed by atoms with E-state index < -0.39 is 0 Å². The monoisotopic (exact) mass is 249 g/mol. The zero-order valence-electron chi connectivity index (χ0n) is 11.2. The van der Waals surface area contributed by atoms with Gasteiger partial charge >= 0.3 is 0 Å². The second-order valence-corrected chi connectivity index (χ2v) is 6.92. The molecule has 0 aromatic heterocycles. The number of benzene rings is 1. The van der Waals surface area contributed by atoms with Gasteiger partial charge < -0.3 is 5.73 Å². The summed E-state index contributed by atoms with van der Waals surface area (Å²) < 4.78 is 0. The van der Waals surface area contributed by atoms with Gasteiger partial charge in [0.2, 0.25) is 0 Å². The smallest absolute Gasteiger partial charge is 0.0148 e. The Morgan fingerprint density at radius 2 is 1.95 bits per heavy atom. The summed E-state index contributed by atoms with van der Waals surface area (Å²) in [4.78, 5) is 0. The number of hydrogen-bond donors (Lipinski definition) is 1. The fourth-order valence-corrected chi connectivity index (χ4v) is 5.63. The number of hydrogen-bond acceptors (Lipinski definition) is 1. The summed E-state index contributed by atoms with van der Waals surface area (Å²) in [7, 11) is 0. The molecule has 1 heteroatoms. The van der Waals surface area contributed by atoms with Gasteiger partial charge in [-0.15, -0.1) is 5.73 Å². The van der Waals surface area contributed by atoms with Crippen LogP contribution in [-0.4, -0.2) is 6.04 Å². The van der Waals surface area contributed by atoms with Gasteiger partial charge in [0.1, 0.15) is 0 Å². The van der Waals surface area contributed by atoms with Gasteiger partial charge in [-0.05, 0) is 65.7 Å². The standard InChI is InChI=1S/C18H19N/c1-9-4-2-3-5-12(9)15-16-13-10-6-7-11(8-10)14(13)17(16)18(15)19/h2-6,10,13-18H,8,19H2,1H3/t10-,13+,14-,15?,16?,17?,18?/m1/s1. The van der Waals surface area contributed by atoms with E-state index in [4.69, 9.17) is 5.73 Å². The number of aryl methyl sites for hydroxylation is 1. The van der Waals surface area contributed by atoms with E-state index in [1.54, 1.807) is 5.57 Å². The minimum atomic E-state index is 0.376. The van der Waals surface area contributed by atoms with Crippen LogP contribution < -0.4 is 5.73 Å². The van der Waals surface area contributed by atoms with Crippen LogP contribution in [0.1, 0.15) is 23.5 Å². The third-order valence-electron chi connectivity index (χ3n) is 6.37. The minimum absolute atomic E-state index is 0.376. The van der Waals surface area contributed by atoms with E-state index in [9.17, 15) is 0 Å². The van der Waals surface area contributed by atoms with Crippen LogP contribution in [0.4, 0.5) is 0 Å². The molecular formula is C18H19N. The molecule has 0 aliphatic heterocycles. The average Bonchev–Trinajstić information content (AvgIpc) is 2.94. The first-order valence-electron chi connectivity index (χ1n) is 7.54. The molecule has 4 unspecified atom stereocenters. The largest absolute Gasteiger partial charge is 0.327 e. The maximum Gasteiger partial charge on any atom is 0.0148 e. The van der Waals surface area contributed by atoms with Gasteiger partial charge in [0.25, 0.3) is 0 Å². The van der Waals surface area contributed by atoms with Crippen LogP contribution in [-0.2, 0) is 0 Å². The van der Waals surface area contributed by atoms with Gasteiger partial charge in [0.15, 0.2) is 0 Å². The molecule has 0 radical (unpaired) electrons. The van der Waals surface area contributed by atoms with E-state index in [0.717, 1.165) is 29.6 Å². The first-order valence-corrected chi connectivity index (χ1v) is 7.54. The van der Waals surface area contributed by atoms with Gasteiger partial charge in [0, 0.05) is 12.0 Å². The highest BCUT2D eigenvalue weighted by atomic mass is 14.8. The van der Waals surface area contributed by atoms with Crippen LogP contribution >= 0.6 is 0 Å². The molecule has 0 spiro atoms. The number of fused-ring (bicyclic) bond motifs is 8. The van der Waals surface area contributed by atoms with Crippen molar-refractivity contribution in [2.75, 3.05) is 0 Å². The molecule has 0 amide bonds. The van der Waals surface area contributed by atoms with Crippen molar-refractivity contribution in [1.29, 1.82) is 0 Å². The zero-order chi connectivity index (χ0) is 12.7. The molecule has 0 saturated heterocycles. The lowest BCUT2D eigenvalue weighted by Gasteiger charge is -2.67. The zero-order valence-corrected chi connectivity index (χ0v) is 11.2. The quantitative estimate of drug-likeness (QED) is 0.761. The van der Waals surface area contributed by atoms with Gasteiger partial charge in [0.05, 0.1) is 0 Å². The van der Waals surface area contributed by atoms with Crippen LogP contribution in [0.2, 0.25) is 0 Å². The van der Waals surface area contributed by atoms with Crippen molar-refractivity contribution in [3.63, 3.8) is 0 Å². The maximum atomic E-state index is 6.55. The van der Waals surface area contributed by atoms with E-state index in [0.29, 0.717) is 12.0 Å². The predicted molar refractivity (Wildman–Crippen MR) is 75.6 cm³/mol. The fourth-order valence-electron chi connectivity index (χ4n) is 5.63. The Kier molecular flexibility index (Phi) is 1.78. The fraction of sp³-hybridized carbons (Fsp3) is 0.500. The van der Waals surface area contributed by atoms with Crippen molar-refractivity contribution in [3.8, 4) is 0 Å². The molecule has 3 saturated carbocycles. The van der Waals surface area contributed by atoms with Crippen molar-refractivity contribution in [2.24, 2.45) is 35.3 Å². The summed E-state index contributed by atoms with van der Waals surface area (Å²) in [5, 5.41) is 0. The van der Waals surface area contributed by atoms with Crippen molar-refractivity contribution >= 4 is 0 Å². The van der Waals surface area contributed by atoms with E-state index in [2.05, 4.69) is 43.0 Å². The number of rotatable bonds is 1. The summed E-state index contributed by atoms with van der Waals surface area (Å²) in [6, 6.07) is 9.21. The SMILES string of the molecule is Cc1ccccc1C1C(N)C2C1[C@H]1[C@@H]3C=C=C(C3)[C@@H]21. The van der Waals surface area contributed by atoms with Crippen molar-refractivity contribution in [1.82, 2.24) is 0 Å². The molecule has 96 valence electrons. The molecule has 19 heavy (non-hydrogen) atoms. The molecule has 1 nitrogen and oxygen atoms in total. The Hall–Kier alpha value is -1.30. The lowest BCUT2D eigenvalue weighted by atomic mass is 9.38. The van der Waals surface area contributed by atoms with Gasteiger partial charge in [-0.2, -0.15) is 0 Å². The Labute approximate surface area is 114 Å². The highest BCUT2D eigenvalue weighted by molar-refractivity contribution is 5.43. The van der Waals surface area contributed by atoms with Crippen LogP contribution in [0.3, 0.4) is 0 Å². The first-order chi connectivity index (χ1) is 9.27. The Morgan fingerprint density at radius 1 is 1.11 bits per heavy atom. The average molecular weight is 249 g/mol. The molecule has 5 rings (SSSR count). The van der Waals surface area contributed by atoms with E-state index in [1.165, 1.54) is 17.5 Å². The molecule has 1 aromatic rings. The number of nitrogens with two attached hydrogens (primary N) is 1. The minimum Gasteiger partial charge on any atom is -0.327 e. The summed E-state index contributed by atoms with van der Waals surface area (Å²) in [5.74, 6) is 4.71. The van der Waals surface area contributed by atoms with Crippen molar-refractivity contribution < 1.29 is 0 Å². The van der Waals surface area contributed by atoms with Gasteiger partial charge in [-0.25, -0.2) is 0 Å².